The number of ether oxygens (including phenoxy) is 2. The van der Waals surface area contributed by atoms with Gasteiger partial charge in [0, 0.05) is 41.9 Å². The Morgan fingerprint density at radius 3 is 2.67 bits per heavy atom. The first-order chi connectivity index (χ1) is 13.2. The number of hydrogen-bond donors (Lipinski definition) is 3. The fourth-order valence-corrected chi connectivity index (χ4v) is 2.98. The van der Waals surface area contributed by atoms with Crippen molar-refractivity contribution < 1.29 is 9.47 Å². The summed E-state index contributed by atoms with van der Waals surface area (Å²) in [7, 11) is 3.25. The molecule has 0 unspecified atom stereocenters. The van der Waals surface area contributed by atoms with Crippen LogP contribution in [0.1, 0.15) is 12.5 Å². The number of rotatable bonds is 7. The second-order valence-electron chi connectivity index (χ2n) is 6.06. The lowest BCUT2D eigenvalue weighted by molar-refractivity contribution is 0.355. The van der Waals surface area contributed by atoms with Crippen molar-refractivity contribution in [3.63, 3.8) is 0 Å². The van der Waals surface area contributed by atoms with E-state index in [-0.39, 0.29) is 0 Å². The average Bonchev–Trinajstić information content (AvgIpc) is 3.11. The second-order valence-corrected chi connectivity index (χ2v) is 6.06. The number of nitrogens with one attached hydrogen (secondary N) is 3. The predicted octanol–water partition coefficient (Wildman–Crippen LogP) is 3.81. The Morgan fingerprint density at radius 1 is 1.07 bits per heavy atom. The van der Waals surface area contributed by atoms with E-state index in [0.717, 1.165) is 30.1 Å². The van der Waals surface area contributed by atoms with Crippen molar-refractivity contribution in [3.8, 4) is 11.5 Å². The highest BCUT2D eigenvalue weighted by molar-refractivity contribution is 5.94. The zero-order valence-electron chi connectivity index (χ0n) is 16.0. The number of fused-ring (bicyclic) bond motifs is 1. The molecule has 3 N–H and O–H groups in total. The van der Waals surface area contributed by atoms with Crippen LogP contribution in [-0.4, -0.2) is 38.3 Å². The zero-order chi connectivity index (χ0) is 19.1. The SMILES string of the molecule is CCNC(=NCCc1c[nH]c2ccccc12)Nc1ccc(OC)c(OC)c1. The molecule has 0 saturated carbocycles. The molecule has 142 valence electrons. The number of aromatic nitrogens is 1. The van der Waals surface area contributed by atoms with E-state index in [1.807, 2.05) is 31.2 Å². The molecule has 0 aliphatic carbocycles. The van der Waals surface area contributed by atoms with Crippen molar-refractivity contribution in [3.05, 3.63) is 54.2 Å². The number of methoxy groups -OCH3 is 2. The number of aliphatic imine (C=N–C) groups is 1. The van der Waals surface area contributed by atoms with Crippen LogP contribution in [0.4, 0.5) is 5.69 Å². The molecule has 0 aliphatic heterocycles. The predicted molar refractivity (Wildman–Crippen MR) is 111 cm³/mol. The van der Waals surface area contributed by atoms with Gasteiger partial charge in [-0.1, -0.05) is 18.2 Å². The van der Waals surface area contributed by atoms with Crippen LogP contribution in [0.3, 0.4) is 0 Å². The number of para-hydroxylation sites is 1. The van der Waals surface area contributed by atoms with Crippen molar-refractivity contribution in [2.24, 2.45) is 4.99 Å². The van der Waals surface area contributed by atoms with Crippen molar-refractivity contribution in [1.82, 2.24) is 10.3 Å². The van der Waals surface area contributed by atoms with Crippen LogP contribution >= 0.6 is 0 Å². The molecule has 0 radical (unpaired) electrons. The summed E-state index contributed by atoms with van der Waals surface area (Å²) in [6, 6.07) is 14.0. The molecule has 3 rings (SSSR count). The van der Waals surface area contributed by atoms with Gasteiger partial charge in [0.25, 0.3) is 0 Å². The summed E-state index contributed by atoms with van der Waals surface area (Å²) in [5.41, 5.74) is 3.32. The molecule has 0 spiro atoms. The highest BCUT2D eigenvalue weighted by Gasteiger charge is 2.07. The van der Waals surface area contributed by atoms with Crippen LogP contribution in [0.2, 0.25) is 0 Å². The molecule has 0 fully saturated rings. The summed E-state index contributed by atoms with van der Waals surface area (Å²) in [6.07, 6.45) is 2.93. The van der Waals surface area contributed by atoms with Gasteiger partial charge in [0.05, 0.1) is 14.2 Å². The highest BCUT2D eigenvalue weighted by Crippen LogP contribution is 2.29. The van der Waals surface area contributed by atoms with Gasteiger partial charge >= 0.3 is 0 Å². The lowest BCUT2D eigenvalue weighted by Crippen LogP contribution is -2.30. The lowest BCUT2D eigenvalue weighted by atomic mass is 10.1. The molecule has 1 aromatic heterocycles. The minimum atomic E-state index is 0.678. The molecule has 1 heterocycles. The third kappa shape index (κ3) is 4.53. The third-order valence-corrected chi connectivity index (χ3v) is 4.32. The molecule has 6 nitrogen and oxygen atoms in total. The zero-order valence-corrected chi connectivity index (χ0v) is 16.0. The van der Waals surface area contributed by atoms with E-state index >= 15 is 0 Å². The summed E-state index contributed by atoms with van der Waals surface area (Å²) >= 11 is 0. The monoisotopic (exact) mass is 366 g/mol. The number of anilines is 1. The topological polar surface area (TPSA) is 70.7 Å². The number of aromatic amines is 1. The quantitative estimate of drug-likeness (QED) is 0.439. The van der Waals surface area contributed by atoms with Gasteiger partial charge in [0.15, 0.2) is 17.5 Å². The molecule has 0 saturated heterocycles. The van der Waals surface area contributed by atoms with Gasteiger partial charge in [-0.3, -0.25) is 4.99 Å². The smallest absolute Gasteiger partial charge is 0.195 e. The van der Waals surface area contributed by atoms with Gasteiger partial charge in [-0.2, -0.15) is 0 Å². The maximum atomic E-state index is 5.36. The number of nitrogens with zero attached hydrogens (tertiary/aromatic N) is 1. The first-order valence-electron chi connectivity index (χ1n) is 9.07. The van der Waals surface area contributed by atoms with E-state index in [1.165, 1.54) is 10.9 Å². The Labute approximate surface area is 159 Å². The van der Waals surface area contributed by atoms with Crippen molar-refractivity contribution in [1.29, 1.82) is 0 Å². The lowest BCUT2D eigenvalue weighted by Gasteiger charge is -2.13. The van der Waals surface area contributed by atoms with Crippen molar-refractivity contribution >= 4 is 22.5 Å². The fraction of sp³-hybridized carbons (Fsp3) is 0.286. The Kier molecular flexibility index (Phi) is 6.20. The Morgan fingerprint density at radius 2 is 1.89 bits per heavy atom. The molecule has 27 heavy (non-hydrogen) atoms. The van der Waals surface area contributed by atoms with E-state index in [1.54, 1.807) is 14.2 Å². The first-order valence-corrected chi connectivity index (χ1v) is 9.07. The standard InChI is InChI=1S/C21H26N4O2/c1-4-22-21(25-16-9-10-19(26-2)20(13-16)27-3)23-12-11-15-14-24-18-8-6-5-7-17(15)18/h5-10,13-14,24H,4,11-12H2,1-3H3,(H2,22,23,25). The van der Waals surface area contributed by atoms with Crippen LogP contribution < -0.4 is 20.1 Å². The second kappa shape index (κ2) is 8.98. The van der Waals surface area contributed by atoms with E-state index < -0.39 is 0 Å². The molecule has 6 heteroatoms. The van der Waals surface area contributed by atoms with Crippen LogP contribution in [-0.2, 0) is 6.42 Å². The van der Waals surface area contributed by atoms with Gasteiger partial charge < -0.3 is 25.1 Å². The Bertz CT molecular complexity index is 917. The van der Waals surface area contributed by atoms with Gasteiger partial charge in [0.2, 0.25) is 0 Å². The van der Waals surface area contributed by atoms with Gasteiger partial charge in [0.1, 0.15) is 0 Å². The molecular weight excluding hydrogens is 340 g/mol. The molecule has 0 bridgehead atoms. The van der Waals surface area contributed by atoms with Crippen LogP contribution in [0.15, 0.2) is 53.7 Å². The maximum Gasteiger partial charge on any atom is 0.195 e. The van der Waals surface area contributed by atoms with E-state index in [2.05, 4.69) is 40.0 Å². The molecule has 0 atom stereocenters. The molecule has 3 aromatic rings. The molecule has 0 aliphatic rings. The summed E-state index contributed by atoms with van der Waals surface area (Å²) in [4.78, 5) is 8.01. The summed E-state index contributed by atoms with van der Waals surface area (Å²) in [5, 5.41) is 7.85. The minimum Gasteiger partial charge on any atom is -0.493 e. The Balaban J connectivity index is 1.69. The van der Waals surface area contributed by atoms with Crippen LogP contribution in [0, 0.1) is 0 Å². The van der Waals surface area contributed by atoms with Crippen LogP contribution in [0.25, 0.3) is 10.9 Å². The normalized spacial score (nSPS) is 11.4. The van der Waals surface area contributed by atoms with Crippen molar-refractivity contribution in [2.75, 3.05) is 32.6 Å². The van der Waals surface area contributed by atoms with E-state index in [0.29, 0.717) is 18.0 Å². The first kappa shape index (κ1) is 18.6. The third-order valence-electron chi connectivity index (χ3n) is 4.32. The van der Waals surface area contributed by atoms with E-state index in [4.69, 9.17) is 14.5 Å². The van der Waals surface area contributed by atoms with E-state index in [9.17, 15) is 0 Å². The summed E-state index contributed by atoms with van der Waals surface area (Å²) in [5.74, 6) is 2.12. The Hall–Kier alpha value is -3.15. The van der Waals surface area contributed by atoms with Crippen molar-refractivity contribution in [2.45, 2.75) is 13.3 Å². The molecule has 2 aromatic carbocycles. The number of H-pyrrole nitrogens is 1. The number of hydrogen-bond acceptors (Lipinski definition) is 3. The van der Waals surface area contributed by atoms with Crippen LogP contribution in [0.5, 0.6) is 11.5 Å². The molecular formula is C21H26N4O2. The number of benzene rings is 2. The molecule has 0 amide bonds. The fourth-order valence-electron chi connectivity index (χ4n) is 2.98. The summed E-state index contributed by atoms with van der Waals surface area (Å²) in [6.45, 7) is 3.52. The van der Waals surface area contributed by atoms with Gasteiger partial charge in [-0.15, -0.1) is 0 Å². The largest absolute Gasteiger partial charge is 0.493 e. The average molecular weight is 366 g/mol. The minimum absolute atomic E-state index is 0.678. The maximum absolute atomic E-state index is 5.36. The van der Waals surface area contributed by atoms with Gasteiger partial charge in [-0.05, 0) is 37.1 Å². The number of guanidine groups is 1. The van der Waals surface area contributed by atoms with Gasteiger partial charge in [-0.25, -0.2) is 0 Å². The summed E-state index contributed by atoms with van der Waals surface area (Å²) < 4.78 is 10.6. The highest BCUT2D eigenvalue weighted by atomic mass is 16.5.